The van der Waals surface area contributed by atoms with Crippen LogP contribution in [-0.4, -0.2) is 32.2 Å². The predicted octanol–water partition coefficient (Wildman–Crippen LogP) is 4.80. The average Bonchev–Trinajstić information content (AvgIpc) is 3.37. The van der Waals surface area contributed by atoms with Crippen LogP contribution in [0.15, 0.2) is 71.1 Å². The lowest BCUT2D eigenvalue weighted by Gasteiger charge is -2.14. The number of carbonyl (C=O) groups excluding carboxylic acids is 1. The van der Waals surface area contributed by atoms with Gasteiger partial charge in [-0.15, -0.1) is 11.3 Å². The standard InChI is InChI=1S/C26H19ClFN5O4S/c27-22-21(7-9-30-23(22)29)37-20-6-5-15(11-17(20)28)32-24(35)16-12-18-26(38-13-31-18)33(25(16)36)19-4-2-1-3-14(19)8-10-34/h1-7,9,11-13,34H,8,10H2,(H2,29,30)(H,32,35). The number of hydrogen-bond donors (Lipinski definition) is 3. The highest BCUT2D eigenvalue weighted by Crippen LogP contribution is 2.34. The molecule has 0 saturated heterocycles. The van der Waals surface area contributed by atoms with Crippen LogP contribution in [0.1, 0.15) is 15.9 Å². The molecule has 0 unspecified atom stereocenters. The van der Waals surface area contributed by atoms with Crippen LogP contribution in [-0.2, 0) is 6.42 Å². The Morgan fingerprint density at radius 2 is 1.97 bits per heavy atom. The number of aromatic nitrogens is 3. The number of thiazole rings is 1. The third-order valence-corrected chi connectivity index (χ3v) is 6.85. The number of fused-ring (bicyclic) bond motifs is 1. The molecule has 4 N–H and O–H groups in total. The molecule has 0 radical (unpaired) electrons. The van der Waals surface area contributed by atoms with Crippen molar-refractivity contribution in [1.82, 2.24) is 14.5 Å². The molecule has 12 heteroatoms. The molecule has 0 fully saturated rings. The van der Waals surface area contributed by atoms with Crippen molar-refractivity contribution in [2.45, 2.75) is 6.42 Å². The second kappa shape index (κ2) is 10.6. The molecule has 0 aliphatic carbocycles. The van der Waals surface area contributed by atoms with Crippen LogP contribution in [0.5, 0.6) is 11.5 Å². The Hall–Kier alpha value is -4.32. The van der Waals surface area contributed by atoms with Gasteiger partial charge in [0.2, 0.25) is 0 Å². The van der Waals surface area contributed by atoms with E-state index in [9.17, 15) is 19.1 Å². The maximum atomic E-state index is 14.8. The number of hydrogen-bond acceptors (Lipinski definition) is 8. The molecule has 0 spiro atoms. The zero-order chi connectivity index (χ0) is 26.8. The van der Waals surface area contributed by atoms with Gasteiger partial charge in [-0.3, -0.25) is 14.2 Å². The molecule has 192 valence electrons. The van der Waals surface area contributed by atoms with Gasteiger partial charge < -0.3 is 20.9 Å². The van der Waals surface area contributed by atoms with E-state index in [4.69, 9.17) is 22.1 Å². The summed E-state index contributed by atoms with van der Waals surface area (Å²) in [7, 11) is 0. The molecule has 5 rings (SSSR count). The SMILES string of the molecule is Nc1nccc(Oc2ccc(NC(=O)c3cc4ncsc4n(-c4ccccc4CCO)c3=O)cc2F)c1Cl. The number of ether oxygens (including phenoxy) is 1. The van der Waals surface area contributed by atoms with E-state index in [1.807, 2.05) is 0 Å². The van der Waals surface area contributed by atoms with E-state index in [-0.39, 0.29) is 40.2 Å². The van der Waals surface area contributed by atoms with Crippen LogP contribution >= 0.6 is 22.9 Å². The van der Waals surface area contributed by atoms with E-state index < -0.39 is 17.3 Å². The third-order valence-electron chi connectivity index (χ3n) is 5.64. The van der Waals surface area contributed by atoms with Crippen LogP contribution in [0, 0.1) is 5.82 Å². The fraction of sp³-hybridized carbons (Fsp3) is 0.0769. The fourth-order valence-electron chi connectivity index (χ4n) is 3.87. The largest absolute Gasteiger partial charge is 0.453 e. The van der Waals surface area contributed by atoms with Crippen molar-refractivity contribution in [2.24, 2.45) is 0 Å². The third kappa shape index (κ3) is 4.82. The van der Waals surface area contributed by atoms with Gasteiger partial charge in [0.15, 0.2) is 17.3 Å². The Morgan fingerprint density at radius 3 is 2.76 bits per heavy atom. The number of amides is 1. The van der Waals surface area contributed by atoms with E-state index in [1.165, 1.54) is 46.4 Å². The highest BCUT2D eigenvalue weighted by atomic mass is 35.5. The lowest BCUT2D eigenvalue weighted by Crippen LogP contribution is -2.29. The van der Waals surface area contributed by atoms with Gasteiger partial charge in [0.25, 0.3) is 11.5 Å². The predicted molar refractivity (Wildman–Crippen MR) is 144 cm³/mol. The molecule has 3 heterocycles. The van der Waals surface area contributed by atoms with Crippen molar-refractivity contribution < 1.29 is 19.0 Å². The quantitative estimate of drug-likeness (QED) is 0.265. The number of para-hydroxylation sites is 1. The number of benzene rings is 2. The summed E-state index contributed by atoms with van der Waals surface area (Å²) in [5.74, 6) is -1.51. The number of nitrogens with two attached hydrogens (primary N) is 1. The molecular formula is C26H19ClFN5O4S. The second-order valence-corrected chi connectivity index (χ2v) is 9.26. The normalized spacial score (nSPS) is 11.0. The highest BCUT2D eigenvalue weighted by molar-refractivity contribution is 7.16. The fourth-order valence-corrected chi connectivity index (χ4v) is 4.80. The number of pyridine rings is 2. The Bertz CT molecular complexity index is 1740. The van der Waals surface area contributed by atoms with Crippen LogP contribution in [0.3, 0.4) is 0 Å². The first-order valence-electron chi connectivity index (χ1n) is 11.2. The number of nitrogen functional groups attached to an aromatic ring is 1. The van der Waals surface area contributed by atoms with Crippen LogP contribution in [0.4, 0.5) is 15.9 Å². The summed E-state index contributed by atoms with van der Waals surface area (Å²) < 4.78 is 21.7. The monoisotopic (exact) mass is 551 g/mol. The first kappa shape index (κ1) is 25.3. The molecular weight excluding hydrogens is 533 g/mol. The number of nitrogens with one attached hydrogen (secondary N) is 1. The van der Waals surface area contributed by atoms with Crippen LogP contribution in [0.25, 0.3) is 16.0 Å². The van der Waals surface area contributed by atoms with E-state index in [0.29, 0.717) is 22.5 Å². The number of aliphatic hydroxyl groups excluding tert-OH is 1. The number of halogens is 2. The molecule has 38 heavy (non-hydrogen) atoms. The van der Waals surface area contributed by atoms with Gasteiger partial charge in [-0.1, -0.05) is 29.8 Å². The van der Waals surface area contributed by atoms with Crippen molar-refractivity contribution in [3.63, 3.8) is 0 Å². The summed E-state index contributed by atoms with van der Waals surface area (Å²) in [6, 6.07) is 13.7. The van der Waals surface area contributed by atoms with E-state index in [1.54, 1.807) is 29.8 Å². The number of nitrogens with zero attached hydrogens (tertiary/aromatic N) is 3. The summed E-state index contributed by atoms with van der Waals surface area (Å²) in [6.45, 7) is -0.107. The molecule has 0 aliphatic rings. The Labute approximate surface area is 223 Å². The van der Waals surface area contributed by atoms with Gasteiger partial charge in [-0.05, 0) is 36.2 Å². The molecule has 0 bridgehead atoms. The van der Waals surface area contributed by atoms with Gasteiger partial charge in [0.1, 0.15) is 21.2 Å². The van der Waals surface area contributed by atoms with Crippen molar-refractivity contribution in [3.05, 3.63) is 98.6 Å². The van der Waals surface area contributed by atoms with Gasteiger partial charge in [0, 0.05) is 30.6 Å². The zero-order valence-corrected chi connectivity index (χ0v) is 21.1. The number of aliphatic hydroxyl groups is 1. The Morgan fingerprint density at radius 1 is 1.16 bits per heavy atom. The topological polar surface area (TPSA) is 132 Å². The highest BCUT2D eigenvalue weighted by Gasteiger charge is 2.20. The first-order chi connectivity index (χ1) is 18.4. The van der Waals surface area contributed by atoms with Crippen molar-refractivity contribution in [3.8, 4) is 17.2 Å². The van der Waals surface area contributed by atoms with Crippen LogP contribution in [0.2, 0.25) is 5.02 Å². The molecule has 9 nitrogen and oxygen atoms in total. The maximum absolute atomic E-state index is 14.8. The summed E-state index contributed by atoms with van der Waals surface area (Å²) in [6.07, 6.45) is 1.70. The zero-order valence-electron chi connectivity index (χ0n) is 19.5. The van der Waals surface area contributed by atoms with Crippen LogP contribution < -0.4 is 21.3 Å². The van der Waals surface area contributed by atoms with Crippen molar-refractivity contribution >= 4 is 50.7 Å². The first-order valence-corrected chi connectivity index (χ1v) is 12.5. The summed E-state index contributed by atoms with van der Waals surface area (Å²) in [5, 5.41) is 12.1. The molecule has 0 saturated carbocycles. The minimum absolute atomic E-state index is 0.0372. The lowest BCUT2D eigenvalue weighted by molar-refractivity contribution is 0.102. The van der Waals surface area contributed by atoms with E-state index in [2.05, 4.69) is 15.3 Å². The summed E-state index contributed by atoms with van der Waals surface area (Å²) >= 11 is 7.31. The Kier molecular flexibility index (Phi) is 7.05. The molecule has 3 aromatic heterocycles. The lowest BCUT2D eigenvalue weighted by atomic mass is 10.1. The van der Waals surface area contributed by atoms with Gasteiger partial charge >= 0.3 is 0 Å². The van der Waals surface area contributed by atoms with Crippen molar-refractivity contribution in [2.75, 3.05) is 17.7 Å². The second-order valence-electron chi connectivity index (χ2n) is 8.05. The van der Waals surface area contributed by atoms with E-state index >= 15 is 0 Å². The molecule has 5 aromatic rings. The molecule has 0 aliphatic heterocycles. The molecule has 1 amide bonds. The molecule has 0 atom stereocenters. The number of anilines is 2. The van der Waals surface area contributed by atoms with Gasteiger partial charge in [0.05, 0.1) is 16.7 Å². The van der Waals surface area contributed by atoms with Gasteiger partial charge in [-0.2, -0.15) is 0 Å². The average molecular weight is 552 g/mol. The minimum Gasteiger partial charge on any atom is -0.453 e. The minimum atomic E-state index is -0.778. The summed E-state index contributed by atoms with van der Waals surface area (Å²) in [4.78, 5) is 35.4. The van der Waals surface area contributed by atoms with Crippen molar-refractivity contribution in [1.29, 1.82) is 0 Å². The van der Waals surface area contributed by atoms with Gasteiger partial charge in [-0.25, -0.2) is 14.4 Å². The smallest absolute Gasteiger partial charge is 0.269 e. The molecule has 2 aromatic carbocycles. The number of rotatable bonds is 7. The maximum Gasteiger partial charge on any atom is 0.269 e. The summed E-state index contributed by atoms with van der Waals surface area (Å²) in [5.41, 5.74) is 8.30. The number of carbonyl (C=O) groups is 1. The Balaban J connectivity index is 1.47. The van der Waals surface area contributed by atoms with E-state index in [0.717, 1.165) is 11.6 Å².